The van der Waals surface area contributed by atoms with Crippen LogP contribution in [0.15, 0.2) is 91.0 Å². The van der Waals surface area contributed by atoms with Gasteiger partial charge in [0.25, 0.3) is 0 Å². The topological polar surface area (TPSA) is 37.4 Å². The first kappa shape index (κ1) is 24.2. The van der Waals surface area contributed by atoms with E-state index in [0.29, 0.717) is 16.7 Å². The van der Waals surface area contributed by atoms with E-state index in [-0.39, 0.29) is 11.6 Å². The zero-order chi connectivity index (χ0) is 24.9. The first-order valence-corrected chi connectivity index (χ1v) is 12.2. The van der Waals surface area contributed by atoms with Gasteiger partial charge in [0.2, 0.25) is 0 Å². The lowest BCUT2D eigenvalue weighted by Crippen LogP contribution is -2.27. The molecule has 0 bridgehead atoms. The molecule has 0 N–H and O–H groups in total. The van der Waals surface area contributed by atoms with Gasteiger partial charge in [0.1, 0.15) is 0 Å². The molecule has 0 aliphatic carbocycles. The number of ketones is 2. The van der Waals surface area contributed by atoms with Gasteiger partial charge in [0.05, 0.1) is 11.3 Å². The van der Waals surface area contributed by atoms with E-state index < -0.39 is 0 Å². The quantitative estimate of drug-likeness (QED) is 0.253. The number of benzene rings is 4. The van der Waals surface area contributed by atoms with Crippen molar-refractivity contribution in [3.8, 4) is 22.3 Å². The lowest BCUT2D eigenvalue weighted by molar-refractivity contribution is 0.0991. The first-order chi connectivity index (χ1) is 17.0. The van der Waals surface area contributed by atoms with Crippen LogP contribution in [0.25, 0.3) is 22.3 Å². The average molecular weight is 462 g/mol. The van der Waals surface area contributed by atoms with Gasteiger partial charge in [-0.15, -0.1) is 0 Å². The molecule has 176 valence electrons. The molecule has 0 spiro atoms. The Kier molecular flexibility index (Phi) is 7.26. The highest BCUT2D eigenvalue weighted by Gasteiger charge is 2.31. The van der Waals surface area contributed by atoms with Gasteiger partial charge in [0.15, 0.2) is 11.6 Å². The van der Waals surface area contributed by atoms with Crippen molar-refractivity contribution >= 4 is 17.3 Å². The number of hydrogen-bond acceptors (Lipinski definition) is 3. The van der Waals surface area contributed by atoms with Crippen molar-refractivity contribution in [2.24, 2.45) is 0 Å². The summed E-state index contributed by atoms with van der Waals surface area (Å²) in [6.45, 7) is 9.26. The van der Waals surface area contributed by atoms with E-state index >= 15 is 0 Å². The highest BCUT2D eigenvalue weighted by molar-refractivity contribution is 6.23. The molecule has 4 rings (SSSR count). The van der Waals surface area contributed by atoms with Crippen molar-refractivity contribution in [3.05, 3.63) is 113 Å². The van der Waals surface area contributed by atoms with Crippen LogP contribution in [0.2, 0.25) is 0 Å². The van der Waals surface area contributed by atoms with Crippen LogP contribution in [0.5, 0.6) is 0 Å². The van der Waals surface area contributed by atoms with Gasteiger partial charge in [-0.05, 0) is 49.9 Å². The summed E-state index contributed by atoms with van der Waals surface area (Å²) in [5, 5.41) is 0. The Labute approximate surface area is 208 Å². The van der Waals surface area contributed by atoms with Gasteiger partial charge in [-0.2, -0.15) is 0 Å². The second-order valence-electron chi connectivity index (χ2n) is 8.63. The van der Waals surface area contributed by atoms with Gasteiger partial charge in [-0.3, -0.25) is 9.59 Å². The van der Waals surface area contributed by atoms with Crippen LogP contribution < -0.4 is 4.90 Å². The monoisotopic (exact) mass is 461 g/mol. The van der Waals surface area contributed by atoms with Crippen molar-refractivity contribution < 1.29 is 9.59 Å². The molecule has 0 saturated carbocycles. The van der Waals surface area contributed by atoms with Gasteiger partial charge < -0.3 is 4.90 Å². The molecule has 4 aromatic carbocycles. The Balaban J connectivity index is 2.24. The summed E-state index contributed by atoms with van der Waals surface area (Å²) in [5.74, 6) is -0.244. The van der Waals surface area contributed by atoms with Gasteiger partial charge >= 0.3 is 0 Å². The van der Waals surface area contributed by atoms with Crippen molar-refractivity contribution in [3.63, 3.8) is 0 Å². The number of carbonyl (C=O) groups excluding carboxylic acids is 2. The fraction of sp³-hybridized carbons (Fsp3) is 0.188. The minimum absolute atomic E-state index is 0.117. The lowest BCUT2D eigenvalue weighted by atomic mass is 9.80. The number of Topliss-reactive ketones (excluding diaryl/α,β-unsaturated/α-hetero) is 1. The summed E-state index contributed by atoms with van der Waals surface area (Å²) in [6.07, 6.45) is 0. The normalized spacial score (nSPS) is 10.7. The summed E-state index contributed by atoms with van der Waals surface area (Å²) < 4.78 is 0. The smallest absolute Gasteiger partial charge is 0.195 e. The Bertz CT molecular complexity index is 1340. The van der Waals surface area contributed by atoms with E-state index in [0.717, 1.165) is 46.6 Å². The van der Waals surface area contributed by atoms with Gasteiger partial charge in [0, 0.05) is 29.8 Å². The molecular weight excluding hydrogens is 430 g/mol. The van der Waals surface area contributed by atoms with E-state index in [1.807, 2.05) is 78.9 Å². The van der Waals surface area contributed by atoms with Crippen LogP contribution in [-0.2, 0) is 0 Å². The van der Waals surface area contributed by atoms with Crippen molar-refractivity contribution in [1.82, 2.24) is 0 Å². The number of hydrogen-bond donors (Lipinski definition) is 0. The van der Waals surface area contributed by atoms with Crippen LogP contribution in [0.4, 0.5) is 5.69 Å². The third-order valence-electron chi connectivity index (χ3n) is 6.54. The second kappa shape index (κ2) is 10.5. The molecule has 35 heavy (non-hydrogen) atoms. The predicted molar refractivity (Wildman–Crippen MR) is 145 cm³/mol. The maximum Gasteiger partial charge on any atom is 0.195 e. The third kappa shape index (κ3) is 4.54. The van der Waals surface area contributed by atoms with Crippen molar-refractivity contribution in [2.75, 3.05) is 18.0 Å². The van der Waals surface area contributed by atoms with E-state index in [9.17, 15) is 9.59 Å². The van der Waals surface area contributed by atoms with Crippen molar-refractivity contribution in [1.29, 1.82) is 0 Å². The highest BCUT2D eigenvalue weighted by atomic mass is 16.1. The fourth-order valence-corrected chi connectivity index (χ4v) is 4.96. The fourth-order valence-electron chi connectivity index (χ4n) is 4.96. The van der Waals surface area contributed by atoms with E-state index in [4.69, 9.17) is 0 Å². The van der Waals surface area contributed by atoms with Crippen LogP contribution in [0, 0.1) is 6.92 Å². The maximum absolute atomic E-state index is 14.1. The maximum atomic E-state index is 14.1. The van der Waals surface area contributed by atoms with E-state index in [2.05, 4.69) is 37.8 Å². The molecule has 4 aromatic rings. The number of anilines is 1. The molecule has 0 aromatic heterocycles. The molecule has 0 aliphatic heterocycles. The van der Waals surface area contributed by atoms with E-state index in [1.54, 1.807) is 6.92 Å². The minimum Gasteiger partial charge on any atom is -0.371 e. The Morgan fingerprint density at radius 3 is 1.57 bits per heavy atom. The third-order valence-corrected chi connectivity index (χ3v) is 6.54. The van der Waals surface area contributed by atoms with Crippen molar-refractivity contribution in [2.45, 2.75) is 27.7 Å². The van der Waals surface area contributed by atoms with Crippen LogP contribution in [-0.4, -0.2) is 24.7 Å². The number of rotatable bonds is 8. The molecule has 0 heterocycles. The largest absolute Gasteiger partial charge is 0.371 e. The Morgan fingerprint density at radius 2 is 1.11 bits per heavy atom. The van der Waals surface area contributed by atoms with Gasteiger partial charge in [-0.1, -0.05) is 91.0 Å². The molecule has 0 fully saturated rings. The SMILES string of the molecule is CCN(CC)c1c(C)c(-c2ccccc2)c(-c2ccccc2)c(C(C)=O)c1C(=O)c1ccccc1. The molecule has 0 unspecified atom stereocenters. The zero-order valence-corrected chi connectivity index (χ0v) is 20.8. The lowest BCUT2D eigenvalue weighted by Gasteiger charge is -2.31. The summed E-state index contributed by atoms with van der Waals surface area (Å²) in [6, 6.07) is 29.4. The summed E-state index contributed by atoms with van der Waals surface area (Å²) in [4.78, 5) is 29.8. The molecule has 0 amide bonds. The van der Waals surface area contributed by atoms with Crippen LogP contribution >= 0.6 is 0 Å². The molecule has 0 radical (unpaired) electrons. The second-order valence-corrected chi connectivity index (χ2v) is 8.63. The Morgan fingerprint density at radius 1 is 0.657 bits per heavy atom. The van der Waals surface area contributed by atoms with E-state index in [1.165, 1.54) is 0 Å². The minimum atomic E-state index is -0.127. The number of nitrogens with zero attached hydrogens (tertiary/aromatic N) is 1. The summed E-state index contributed by atoms with van der Waals surface area (Å²) in [5.41, 5.74) is 7.15. The molecule has 0 atom stereocenters. The molecule has 3 heteroatoms. The molecule has 3 nitrogen and oxygen atoms in total. The number of carbonyl (C=O) groups is 2. The highest BCUT2D eigenvalue weighted by Crippen LogP contribution is 2.45. The average Bonchev–Trinajstić information content (AvgIpc) is 2.90. The Hall–Kier alpha value is -3.98. The standard InChI is InChI=1S/C32H31NO2/c1-5-33(6-2)31-22(3)27(24-16-10-7-11-17-24)29(25-18-12-8-13-19-25)28(23(4)34)30(31)32(35)26-20-14-9-15-21-26/h7-21H,5-6H2,1-4H3. The molecule has 0 saturated heterocycles. The molecular formula is C32H31NO2. The van der Waals surface area contributed by atoms with Crippen LogP contribution in [0.3, 0.4) is 0 Å². The van der Waals surface area contributed by atoms with Gasteiger partial charge in [-0.25, -0.2) is 0 Å². The zero-order valence-electron chi connectivity index (χ0n) is 20.8. The first-order valence-electron chi connectivity index (χ1n) is 12.2. The summed E-state index contributed by atoms with van der Waals surface area (Å²) >= 11 is 0. The molecule has 0 aliphatic rings. The predicted octanol–water partition coefficient (Wildman–Crippen LogP) is 7.61. The van der Waals surface area contributed by atoms with Crippen LogP contribution in [0.1, 0.15) is 52.6 Å². The summed E-state index contributed by atoms with van der Waals surface area (Å²) in [7, 11) is 0.